The molecule has 0 unspecified atom stereocenters. The number of anilines is 1. The monoisotopic (exact) mass is 445 g/mol. The van der Waals surface area contributed by atoms with Crippen LogP contribution >= 0.6 is 0 Å². The van der Waals surface area contributed by atoms with Crippen LogP contribution in [0.25, 0.3) is 5.76 Å². The second-order valence-corrected chi connectivity index (χ2v) is 7.16. The lowest BCUT2D eigenvalue weighted by atomic mass is 9.95. The van der Waals surface area contributed by atoms with Gasteiger partial charge in [-0.1, -0.05) is 30.3 Å². The normalized spacial score (nSPS) is 17.2. The highest BCUT2D eigenvalue weighted by Crippen LogP contribution is 2.42. The molecular formula is C23H15N3O7. The number of carbonyl (C=O) groups is 2. The number of Topliss-reactive ketones (excluding diaryl/α,β-unsaturated/α-hetero) is 1. The SMILES string of the molecule is O=C1C(=O)N(c2ccc([N+](=O)[O-])cc2)[C@H](c2ccc([N+](=O)[O-])cc2)C1=C(O)c1ccccc1. The van der Waals surface area contributed by atoms with E-state index in [1.54, 1.807) is 30.3 Å². The van der Waals surface area contributed by atoms with Crippen LogP contribution in [0.4, 0.5) is 17.1 Å². The van der Waals surface area contributed by atoms with E-state index in [1.165, 1.54) is 48.5 Å². The van der Waals surface area contributed by atoms with E-state index >= 15 is 0 Å². The van der Waals surface area contributed by atoms with Crippen LogP contribution in [0.15, 0.2) is 84.4 Å². The number of carbonyl (C=O) groups excluding carboxylic acids is 2. The Morgan fingerprint density at radius 2 is 1.30 bits per heavy atom. The molecule has 1 aliphatic heterocycles. The Labute approximate surface area is 186 Å². The van der Waals surface area contributed by atoms with E-state index in [0.29, 0.717) is 11.1 Å². The molecular weight excluding hydrogens is 430 g/mol. The van der Waals surface area contributed by atoms with E-state index in [-0.39, 0.29) is 22.6 Å². The Balaban J connectivity index is 1.91. The smallest absolute Gasteiger partial charge is 0.300 e. The Morgan fingerprint density at radius 1 is 0.788 bits per heavy atom. The average Bonchev–Trinajstić information content (AvgIpc) is 3.09. The van der Waals surface area contributed by atoms with Crippen LogP contribution in [0.2, 0.25) is 0 Å². The number of amides is 1. The summed E-state index contributed by atoms with van der Waals surface area (Å²) >= 11 is 0. The van der Waals surface area contributed by atoms with Crippen molar-refractivity contribution in [1.82, 2.24) is 0 Å². The van der Waals surface area contributed by atoms with E-state index in [1.807, 2.05) is 0 Å². The molecule has 0 bridgehead atoms. The molecule has 0 radical (unpaired) electrons. The third-order valence-electron chi connectivity index (χ3n) is 5.25. The molecule has 164 valence electrons. The van der Waals surface area contributed by atoms with Gasteiger partial charge in [0.2, 0.25) is 0 Å². The molecule has 4 rings (SSSR count). The molecule has 1 fully saturated rings. The zero-order chi connectivity index (χ0) is 23.7. The fourth-order valence-electron chi connectivity index (χ4n) is 3.68. The molecule has 0 aliphatic carbocycles. The summed E-state index contributed by atoms with van der Waals surface area (Å²) in [6, 6.07) is 17.4. The molecule has 1 aliphatic rings. The molecule has 0 saturated carbocycles. The van der Waals surface area contributed by atoms with E-state index in [9.17, 15) is 34.9 Å². The summed E-state index contributed by atoms with van der Waals surface area (Å²) in [5, 5.41) is 33.0. The van der Waals surface area contributed by atoms with E-state index in [4.69, 9.17) is 0 Å². The number of ketones is 1. The van der Waals surface area contributed by atoms with Gasteiger partial charge in [0, 0.05) is 35.5 Å². The highest BCUT2D eigenvalue weighted by molar-refractivity contribution is 6.51. The lowest BCUT2D eigenvalue weighted by Crippen LogP contribution is -2.29. The standard InChI is InChI=1S/C23H15N3O7/c27-21(15-4-2-1-3-5-15)19-20(14-6-8-17(9-7-14)25(30)31)24(23(29)22(19)28)16-10-12-18(13-11-16)26(32)33/h1-13,20,27H/t20-/m1/s1. The van der Waals surface area contributed by atoms with Gasteiger partial charge in [0.05, 0.1) is 21.5 Å². The van der Waals surface area contributed by atoms with Crippen molar-refractivity contribution in [3.63, 3.8) is 0 Å². The van der Waals surface area contributed by atoms with Gasteiger partial charge in [0.1, 0.15) is 5.76 Å². The van der Waals surface area contributed by atoms with Crippen molar-refractivity contribution in [2.45, 2.75) is 6.04 Å². The minimum absolute atomic E-state index is 0.186. The van der Waals surface area contributed by atoms with Crippen molar-refractivity contribution in [3.8, 4) is 0 Å². The molecule has 33 heavy (non-hydrogen) atoms. The summed E-state index contributed by atoms with van der Waals surface area (Å²) in [4.78, 5) is 48.0. The summed E-state index contributed by atoms with van der Waals surface area (Å²) < 4.78 is 0. The molecule has 3 aromatic carbocycles. The first-order chi connectivity index (χ1) is 15.8. The molecule has 0 spiro atoms. The Hall–Kier alpha value is -4.86. The van der Waals surface area contributed by atoms with Gasteiger partial charge in [-0.3, -0.25) is 34.7 Å². The van der Waals surface area contributed by atoms with Crippen molar-refractivity contribution in [3.05, 3.63) is 116 Å². The Morgan fingerprint density at radius 3 is 1.82 bits per heavy atom. The Kier molecular flexibility index (Phi) is 5.41. The zero-order valence-corrected chi connectivity index (χ0v) is 16.8. The van der Waals surface area contributed by atoms with Crippen molar-refractivity contribution in [1.29, 1.82) is 0 Å². The van der Waals surface area contributed by atoms with Gasteiger partial charge in [-0.15, -0.1) is 0 Å². The zero-order valence-electron chi connectivity index (χ0n) is 16.8. The second-order valence-electron chi connectivity index (χ2n) is 7.16. The highest BCUT2D eigenvalue weighted by atomic mass is 16.6. The summed E-state index contributed by atoms with van der Waals surface area (Å²) in [6.07, 6.45) is 0. The number of hydrogen-bond donors (Lipinski definition) is 1. The molecule has 1 N–H and O–H groups in total. The summed E-state index contributed by atoms with van der Waals surface area (Å²) in [5.74, 6) is -2.29. The van der Waals surface area contributed by atoms with Crippen molar-refractivity contribution < 1.29 is 24.5 Å². The molecule has 1 amide bonds. The number of aliphatic hydroxyl groups excluding tert-OH is 1. The topological polar surface area (TPSA) is 144 Å². The predicted octanol–water partition coefficient (Wildman–Crippen LogP) is 4.13. The number of non-ortho nitro benzene ring substituents is 2. The highest BCUT2D eigenvalue weighted by Gasteiger charge is 2.47. The van der Waals surface area contributed by atoms with E-state index in [0.717, 1.165) is 4.90 Å². The summed E-state index contributed by atoms with van der Waals surface area (Å²) in [7, 11) is 0. The van der Waals surface area contributed by atoms with Crippen molar-refractivity contribution >= 4 is 34.5 Å². The lowest BCUT2D eigenvalue weighted by molar-refractivity contribution is -0.385. The van der Waals surface area contributed by atoms with Gasteiger partial charge in [0.15, 0.2) is 0 Å². The largest absolute Gasteiger partial charge is 0.507 e. The van der Waals surface area contributed by atoms with Crippen LogP contribution in [0.3, 0.4) is 0 Å². The molecule has 10 heteroatoms. The molecule has 1 saturated heterocycles. The summed E-state index contributed by atoms with van der Waals surface area (Å²) in [6.45, 7) is 0. The van der Waals surface area contributed by atoms with Gasteiger partial charge in [-0.25, -0.2) is 0 Å². The molecule has 1 heterocycles. The number of benzene rings is 3. The van der Waals surface area contributed by atoms with Crippen LogP contribution in [0, 0.1) is 20.2 Å². The van der Waals surface area contributed by atoms with Crippen LogP contribution in [-0.2, 0) is 9.59 Å². The van der Waals surface area contributed by atoms with Crippen LogP contribution in [-0.4, -0.2) is 26.6 Å². The first kappa shape index (κ1) is 21.4. The van der Waals surface area contributed by atoms with Gasteiger partial charge in [-0.2, -0.15) is 0 Å². The third kappa shape index (κ3) is 3.81. The number of nitrogens with zero attached hydrogens (tertiary/aromatic N) is 3. The third-order valence-corrected chi connectivity index (χ3v) is 5.25. The minimum Gasteiger partial charge on any atom is -0.507 e. The van der Waals surface area contributed by atoms with E-state index < -0.39 is 33.3 Å². The molecule has 1 atom stereocenters. The first-order valence-electron chi connectivity index (χ1n) is 9.65. The second kappa shape index (κ2) is 8.35. The maximum absolute atomic E-state index is 13.0. The predicted molar refractivity (Wildman–Crippen MR) is 117 cm³/mol. The van der Waals surface area contributed by atoms with Crippen LogP contribution < -0.4 is 4.90 Å². The van der Waals surface area contributed by atoms with Gasteiger partial charge < -0.3 is 5.11 Å². The number of aliphatic hydroxyl groups is 1. The molecule has 3 aromatic rings. The van der Waals surface area contributed by atoms with Crippen molar-refractivity contribution in [2.75, 3.05) is 4.90 Å². The quantitative estimate of drug-likeness (QED) is 0.204. The maximum Gasteiger partial charge on any atom is 0.300 e. The fourth-order valence-corrected chi connectivity index (χ4v) is 3.68. The number of nitro groups is 2. The van der Waals surface area contributed by atoms with E-state index in [2.05, 4.69) is 0 Å². The Bertz CT molecular complexity index is 1300. The van der Waals surface area contributed by atoms with Crippen molar-refractivity contribution in [2.24, 2.45) is 0 Å². The number of rotatable bonds is 5. The molecule has 10 nitrogen and oxygen atoms in total. The maximum atomic E-state index is 13.0. The molecule has 0 aromatic heterocycles. The number of hydrogen-bond acceptors (Lipinski definition) is 7. The fraction of sp³-hybridized carbons (Fsp3) is 0.0435. The van der Waals surface area contributed by atoms with Crippen LogP contribution in [0.5, 0.6) is 0 Å². The van der Waals surface area contributed by atoms with Gasteiger partial charge >= 0.3 is 0 Å². The average molecular weight is 445 g/mol. The lowest BCUT2D eigenvalue weighted by Gasteiger charge is -2.25. The number of nitro benzene ring substituents is 2. The van der Waals surface area contributed by atoms with Crippen LogP contribution in [0.1, 0.15) is 17.2 Å². The van der Waals surface area contributed by atoms with Gasteiger partial charge in [0.25, 0.3) is 23.1 Å². The first-order valence-corrected chi connectivity index (χ1v) is 9.65. The van der Waals surface area contributed by atoms with Gasteiger partial charge in [-0.05, 0) is 29.8 Å². The minimum atomic E-state index is -1.10. The summed E-state index contributed by atoms with van der Waals surface area (Å²) in [5.41, 5.74) is 0.263.